The van der Waals surface area contributed by atoms with Crippen molar-refractivity contribution >= 4 is 51.2 Å². The Labute approximate surface area is 191 Å². The van der Waals surface area contributed by atoms with E-state index < -0.39 is 0 Å². The number of aryl methyl sites for hydroxylation is 2. The molecular weight excluding hydrogens is 428 g/mol. The predicted octanol–water partition coefficient (Wildman–Crippen LogP) is 7.15. The molecule has 0 saturated heterocycles. The molecule has 0 amide bonds. The molecule has 0 bridgehead atoms. The van der Waals surface area contributed by atoms with Gasteiger partial charge in [-0.25, -0.2) is 0 Å². The fraction of sp³-hybridized carbons (Fsp3) is 0.125. The van der Waals surface area contributed by atoms with Gasteiger partial charge in [0.25, 0.3) is 0 Å². The minimum absolute atomic E-state index is 0.0130. The van der Waals surface area contributed by atoms with Crippen LogP contribution in [0.15, 0.2) is 77.0 Å². The van der Waals surface area contributed by atoms with E-state index >= 15 is 0 Å². The lowest BCUT2D eigenvalue weighted by atomic mass is 10.1. The van der Waals surface area contributed by atoms with Crippen LogP contribution in [0.3, 0.4) is 0 Å². The predicted molar refractivity (Wildman–Crippen MR) is 131 cm³/mol. The minimum Gasteiger partial charge on any atom is -0.493 e. The Bertz CT molecular complexity index is 1290. The largest absolute Gasteiger partial charge is 0.493 e. The number of nitrogens with zero attached hydrogens (tertiary/aromatic N) is 3. The van der Waals surface area contributed by atoms with Gasteiger partial charge in [-0.05, 0) is 67.0 Å². The molecular formula is C24H21ClN4OS. The van der Waals surface area contributed by atoms with Crippen molar-refractivity contribution < 1.29 is 5.11 Å². The number of halogens is 1. The first-order chi connectivity index (χ1) is 14.9. The van der Waals surface area contributed by atoms with Gasteiger partial charge in [-0.15, -0.1) is 10.2 Å². The number of hydrogen-bond acceptors (Lipinski definition) is 3. The van der Waals surface area contributed by atoms with E-state index in [0.717, 1.165) is 33.3 Å². The SMILES string of the molecule is Cc1cc(C)cc(NC(=S)N=Nc2c(O)n(Cc3ccccc3Cl)c3ccccc23)c1. The second-order valence-corrected chi connectivity index (χ2v) is 8.17. The Morgan fingerprint density at radius 2 is 1.71 bits per heavy atom. The molecule has 0 radical (unpaired) electrons. The van der Waals surface area contributed by atoms with Crippen molar-refractivity contribution in [3.8, 4) is 5.88 Å². The molecule has 1 heterocycles. The number of aromatic nitrogens is 1. The highest BCUT2D eigenvalue weighted by Crippen LogP contribution is 2.39. The van der Waals surface area contributed by atoms with E-state index in [1.807, 2.05) is 74.5 Å². The van der Waals surface area contributed by atoms with E-state index in [-0.39, 0.29) is 11.0 Å². The first kappa shape index (κ1) is 21.0. The molecule has 7 heteroatoms. The molecule has 0 unspecified atom stereocenters. The fourth-order valence-corrected chi connectivity index (χ4v) is 3.97. The summed E-state index contributed by atoms with van der Waals surface area (Å²) in [5.41, 5.74) is 5.21. The fourth-order valence-electron chi connectivity index (χ4n) is 3.62. The van der Waals surface area contributed by atoms with Gasteiger partial charge in [0, 0.05) is 16.1 Å². The molecule has 3 aromatic carbocycles. The maximum Gasteiger partial charge on any atom is 0.221 e. The van der Waals surface area contributed by atoms with Gasteiger partial charge in [-0.2, -0.15) is 0 Å². The van der Waals surface area contributed by atoms with Gasteiger partial charge in [0.15, 0.2) is 5.69 Å². The lowest BCUT2D eigenvalue weighted by Crippen LogP contribution is -2.05. The van der Waals surface area contributed by atoms with Crippen molar-refractivity contribution in [3.63, 3.8) is 0 Å². The Balaban J connectivity index is 1.65. The van der Waals surface area contributed by atoms with Crippen molar-refractivity contribution in [1.82, 2.24) is 4.57 Å². The topological polar surface area (TPSA) is 61.9 Å². The monoisotopic (exact) mass is 448 g/mol. The van der Waals surface area contributed by atoms with E-state index in [4.69, 9.17) is 23.8 Å². The third kappa shape index (κ3) is 4.60. The molecule has 0 atom stereocenters. The van der Waals surface area contributed by atoms with Gasteiger partial charge in [0.05, 0.1) is 12.1 Å². The number of rotatable bonds is 4. The van der Waals surface area contributed by atoms with Crippen LogP contribution >= 0.6 is 23.8 Å². The van der Waals surface area contributed by atoms with Crippen molar-refractivity contribution in [2.45, 2.75) is 20.4 Å². The van der Waals surface area contributed by atoms with Crippen LogP contribution in [-0.4, -0.2) is 14.8 Å². The summed E-state index contributed by atoms with van der Waals surface area (Å²) in [6.07, 6.45) is 0. The number of aromatic hydroxyl groups is 1. The van der Waals surface area contributed by atoms with Crippen LogP contribution in [0, 0.1) is 13.8 Å². The Morgan fingerprint density at radius 1 is 1.03 bits per heavy atom. The van der Waals surface area contributed by atoms with Crippen LogP contribution in [0.4, 0.5) is 11.4 Å². The van der Waals surface area contributed by atoms with E-state index in [2.05, 4.69) is 21.6 Å². The highest BCUT2D eigenvalue weighted by molar-refractivity contribution is 7.80. The number of thiocarbonyl (C=S) groups is 1. The molecule has 2 N–H and O–H groups in total. The van der Waals surface area contributed by atoms with E-state index in [1.54, 1.807) is 4.57 Å². The van der Waals surface area contributed by atoms with Gasteiger partial charge >= 0.3 is 0 Å². The molecule has 5 nitrogen and oxygen atoms in total. The smallest absolute Gasteiger partial charge is 0.221 e. The van der Waals surface area contributed by atoms with Crippen molar-refractivity contribution in [3.05, 3.63) is 88.4 Å². The first-order valence-corrected chi connectivity index (χ1v) is 10.6. The van der Waals surface area contributed by atoms with Crippen LogP contribution in [0.5, 0.6) is 5.88 Å². The summed E-state index contributed by atoms with van der Waals surface area (Å²) in [5.74, 6) is 0.0130. The van der Waals surface area contributed by atoms with Gasteiger partial charge in [0.2, 0.25) is 11.0 Å². The normalized spacial score (nSPS) is 11.3. The highest BCUT2D eigenvalue weighted by atomic mass is 35.5. The molecule has 0 aliphatic rings. The third-order valence-electron chi connectivity index (χ3n) is 4.92. The zero-order chi connectivity index (χ0) is 22.0. The molecule has 4 aromatic rings. The second kappa shape index (κ2) is 8.88. The van der Waals surface area contributed by atoms with Gasteiger partial charge in [0.1, 0.15) is 0 Å². The molecule has 0 spiro atoms. The Kier molecular flexibility index (Phi) is 6.02. The van der Waals surface area contributed by atoms with E-state index in [1.165, 1.54) is 0 Å². The van der Waals surface area contributed by atoms with Crippen LogP contribution in [0.1, 0.15) is 16.7 Å². The summed E-state index contributed by atoms with van der Waals surface area (Å²) < 4.78 is 1.77. The zero-order valence-electron chi connectivity index (χ0n) is 17.1. The van der Waals surface area contributed by atoms with Crippen LogP contribution in [0.2, 0.25) is 5.02 Å². The summed E-state index contributed by atoms with van der Waals surface area (Å²) in [6.45, 7) is 4.45. The molecule has 0 aliphatic carbocycles. The highest BCUT2D eigenvalue weighted by Gasteiger charge is 2.17. The summed E-state index contributed by atoms with van der Waals surface area (Å²) >= 11 is 11.7. The standard InChI is InChI=1S/C24H21ClN4OS/c1-15-11-16(2)13-18(12-15)26-24(31)28-27-22-19-8-4-6-10-21(19)29(23(22)30)14-17-7-3-5-9-20(17)25/h3-13,30H,14H2,1-2H3,(H,26,31). The summed E-state index contributed by atoms with van der Waals surface area (Å²) in [7, 11) is 0. The summed E-state index contributed by atoms with van der Waals surface area (Å²) in [5, 5.41) is 24.1. The molecule has 156 valence electrons. The molecule has 1 aromatic heterocycles. The van der Waals surface area contributed by atoms with E-state index in [0.29, 0.717) is 17.3 Å². The average Bonchev–Trinajstić information content (AvgIpc) is 2.98. The van der Waals surface area contributed by atoms with Crippen LogP contribution in [-0.2, 0) is 6.54 Å². The first-order valence-electron chi connectivity index (χ1n) is 9.77. The summed E-state index contributed by atoms with van der Waals surface area (Å²) in [4.78, 5) is 0. The number of para-hydroxylation sites is 1. The Hall–Kier alpha value is -3.22. The Morgan fingerprint density at radius 3 is 2.45 bits per heavy atom. The van der Waals surface area contributed by atoms with Gasteiger partial charge < -0.3 is 15.0 Å². The summed E-state index contributed by atoms with van der Waals surface area (Å²) in [6, 6.07) is 21.3. The van der Waals surface area contributed by atoms with Crippen molar-refractivity contribution in [1.29, 1.82) is 0 Å². The van der Waals surface area contributed by atoms with Crippen molar-refractivity contribution in [2.75, 3.05) is 5.32 Å². The van der Waals surface area contributed by atoms with Crippen LogP contribution < -0.4 is 5.32 Å². The number of benzene rings is 3. The maximum absolute atomic E-state index is 10.9. The number of azo groups is 1. The zero-order valence-corrected chi connectivity index (χ0v) is 18.7. The minimum atomic E-state index is 0.0130. The molecule has 31 heavy (non-hydrogen) atoms. The number of fused-ring (bicyclic) bond motifs is 1. The van der Waals surface area contributed by atoms with Gasteiger partial charge in [-0.3, -0.25) is 0 Å². The molecule has 0 fully saturated rings. The lowest BCUT2D eigenvalue weighted by molar-refractivity contribution is 0.429. The quantitative estimate of drug-likeness (QED) is 0.257. The number of hydrogen-bond donors (Lipinski definition) is 2. The van der Waals surface area contributed by atoms with E-state index in [9.17, 15) is 5.11 Å². The molecule has 4 rings (SSSR count). The molecule has 0 saturated carbocycles. The molecule has 0 aliphatic heterocycles. The average molecular weight is 449 g/mol. The number of anilines is 1. The maximum atomic E-state index is 10.9. The number of nitrogens with one attached hydrogen (secondary N) is 1. The van der Waals surface area contributed by atoms with Crippen molar-refractivity contribution in [2.24, 2.45) is 10.2 Å². The van der Waals surface area contributed by atoms with Gasteiger partial charge in [-0.1, -0.05) is 54.1 Å². The lowest BCUT2D eigenvalue weighted by Gasteiger charge is -2.08. The second-order valence-electron chi connectivity index (χ2n) is 7.37. The van der Waals surface area contributed by atoms with Crippen LogP contribution in [0.25, 0.3) is 10.9 Å². The third-order valence-corrected chi connectivity index (χ3v) is 5.47.